The van der Waals surface area contributed by atoms with E-state index in [1.54, 1.807) is 0 Å². The minimum Gasteiger partial charge on any atom is -0.312 e. The highest BCUT2D eigenvalue weighted by Gasteiger charge is 2.45. The van der Waals surface area contributed by atoms with Crippen molar-refractivity contribution in [3.05, 3.63) is 0 Å². The molecule has 0 amide bonds. The minimum atomic E-state index is 0.464. The summed E-state index contributed by atoms with van der Waals surface area (Å²) in [4.78, 5) is 5.58. The topological polar surface area (TPSA) is 18.5 Å². The molecule has 0 aromatic heterocycles. The molecule has 3 aliphatic rings. The molecule has 3 heteroatoms. The van der Waals surface area contributed by atoms with Gasteiger partial charge in [-0.15, -0.1) is 0 Å². The lowest BCUT2D eigenvalue weighted by molar-refractivity contribution is 0.155. The Balaban J connectivity index is 1.60. The maximum Gasteiger partial charge on any atom is 0.0274 e. The Kier molecular flexibility index (Phi) is 4.92. The molecular weight excluding hydrogens is 258 g/mol. The number of rotatable bonds is 5. The van der Waals surface area contributed by atoms with E-state index in [1.807, 2.05) is 0 Å². The van der Waals surface area contributed by atoms with Crippen LogP contribution in [0.3, 0.4) is 0 Å². The molecule has 3 fully saturated rings. The highest BCUT2D eigenvalue weighted by atomic mass is 15.3. The maximum absolute atomic E-state index is 3.88. The summed E-state index contributed by atoms with van der Waals surface area (Å²) in [7, 11) is 0. The van der Waals surface area contributed by atoms with Crippen LogP contribution in [0.5, 0.6) is 0 Å². The van der Waals surface area contributed by atoms with Crippen molar-refractivity contribution in [2.75, 3.05) is 32.7 Å². The van der Waals surface area contributed by atoms with Crippen molar-refractivity contribution in [2.24, 2.45) is 5.41 Å². The lowest BCUT2D eigenvalue weighted by Crippen LogP contribution is -2.52. The minimum absolute atomic E-state index is 0.464. The van der Waals surface area contributed by atoms with E-state index in [4.69, 9.17) is 0 Å². The Labute approximate surface area is 131 Å². The fourth-order valence-corrected chi connectivity index (χ4v) is 4.94. The number of hydrogen-bond acceptors (Lipinski definition) is 3. The molecule has 1 aliphatic carbocycles. The van der Waals surface area contributed by atoms with Gasteiger partial charge in [-0.05, 0) is 63.6 Å². The second-order valence-corrected chi connectivity index (χ2v) is 8.21. The van der Waals surface area contributed by atoms with Gasteiger partial charge in [-0.3, -0.25) is 9.80 Å². The van der Waals surface area contributed by atoms with Crippen LogP contribution in [-0.4, -0.2) is 60.6 Å². The normalized spacial score (nSPS) is 37.6. The number of nitrogens with one attached hydrogen (secondary N) is 1. The van der Waals surface area contributed by atoms with Gasteiger partial charge in [-0.25, -0.2) is 0 Å². The van der Waals surface area contributed by atoms with Crippen LogP contribution in [0.25, 0.3) is 0 Å². The molecule has 1 saturated carbocycles. The molecule has 3 nitrogen and oxygen atoms in total. The summed E-state index contributed by atoms with van der Waals surface area (Å²) >= 11 is 0. The van der Waals surface area contributed by atoms with Crippen molar-refractivity contribution in [1.29, 1.82) is 0 Å². The molecule has 0 aromatic carbocycles. The second kappa shape index (κ2) is 6.55. The van der Waals surface area contributed by atoms with E-state index in [2.05, 4.69) is 35.9 Å². The smallest absolute Gasteiger partial charge is 0.0274 e. The molecular formula is C18H35N3. The van der Waals surface area contributed by atoms with Gasteiger partial charge in [-0.2, -0.15) is 0 Å². The zero-order valence-corrected chi connectivity index (χ0v) is 14.4. The third kappa shape index (κ3) is 3.30. The first-order valence-electron chi connectivity index (χ1n) is 9.33. The van der Waals surface area contributed by atoms with Crippen LogP contribution < -0.4 is 5.32 Å². The van der Waals surface area contributed by atoms with Crippen LogP contribution in [0.4, 0.5) is 0 Å². The molecule has 3 unspecified atom stereocenters. The molecule has 1 N–H and O–H groups in total. The first kappa shape index (κ1) is 15.8. The van der Waals surface area contributed by atoms with Gasteiger partial charge < -0.3 is 5.32 Å². The third-order valence-corrected chi connectivity index (χ3v) is 6.25. The van der Waals surface area contributed by atoms with Crippen LogP contribution in [0.1, 0.15) is 59.3 Å². The Hall–Kier alpha value is -0.120. The molecule has 2 heterocycles. The molecule has 0 aromatic rings. The first-order valence-corrected chi connectivity index (χ1v) is 9.33. The van der Waals surface area contributed by atoms with Gasteiger partial charge in [0.25, 0.3) is 0 Å². The van der Waals surface area contributed by atoms with Crippen LogP contribution >= 0.6 is 0 Å². The second-order valence-electron chi connectivity index (χ2n) is 8.21. The Bertz CT molecular complexity index is 335. The van der Waals surface area contributed by atoms with Crippen LogP contribution in [-0.2, 0) is 0 Å². The molecule has 122 valence electrons. The van der Waals surface area contributed by atoms with E-state index in [9.17, 15) is 0 Å². The molecule has 0 radical (unpaired) electrons. The average Bonchev–Trinajstić information content (AvgIpc) is 3.15. The summed E-state index contributed by atoms with van der Waals surface area (Å²) < 4.78 is 0. The Morgan fingerprint density at radius 2 is 1.81 bits per heavy atom. The molecule has 0 spiro atoms. The van der Waals surface area contributed by atoms with Gasteiger partial charge in [0.05, 0.1) is 0 Å². The van der Waals surface area contributed by atoms with Crippen molar-refractivity contribution in [1.82, 2.24) is 15.1 Å². The highest BCUT2D eigenvalue weighted by Crippen LogP contribution is 2.41. The highest BCUT2D eigenvalue weighted by molar-refractivity contribution is 5.03. The fraction of sp³-hybridized carbons (Fsp3) is 1.00. The third-order valence-electron chi connectivity index (χ3n) is 6.25. The monoisotopic (exact) mass is 293 g/mol. The van der Waals surface area contributed by atoms with E-state index in [-0.39, 0.29) is 0 Å². The molecule has 21 heavy (non-hydrogen) atoms. The molecule has 3 rings (SSSR count). The Morgan fingerprint density at radius 1 is 1.05 bits per heavy atom. The first-order chi connectivity index (χ1) is 10.1. The van der Waals surface area contributed by atoms with E-state index >= 15 is 0 Å². The summed E-state index contributed by atoms with van der Waals surface area (Å²) in [6, 6.07) is 2.32. The largest absolute Gasteiger partial charge is 0.312 e. The quantitative estimate of drug-likeness (QED) is 0.841. The van der Waals surface area contributed by atoms with Gasteiger partial charge >= 0.3 is 0 Å². The van der Waals surface area contributed by atoms with E-state index in [0.29, 0.717) is 11.5 Å². The summed E-state index contributed by atoms with van der Waals surface area (Å²) in [5.41, 5.74) is 0.464. The van der Waals surface area contributed by atoms with Crippen molar-refractivity contribution in [3.8, 4) is 0 Å². The molecule has 3 atom stereocenters. The number of likely N-dealkylation sites (tertiary alicyclic amines) is 2. The predicted octanol–water partition coefficient (Wildman–Crippen LogP) is 2.71. The van der Waals surface area contributed by atoms with Crippen molar-refractivity contribution >= 4 is 0 Å². The van der Waals surface area contributed by atoms with Crippen molar-refractivity contribution in [2.45, 2.75) is 77.4 Å². The van der Waals surface area contributed by atoms with Crippen LogP contribution in [0.15, 0.2) is 0 Å². The van der Waals surface area contributed by atoms with Gasteiger partial charge in [0, 0.05) is 31.2 Å². The summed E-state index contributed by atoms with van der Waals surface area (Å²) in [5, 5.41) is 3.88. The predicted molar refractivity (Wildman–Crippen MR) is 89.7 cm³/mol. The van der Waals surface area contributed by atoms with Crippen molar-refractivity contribution in [3.63, 3.8) is 0 Å². The molecule has 2 aliphatic heterocycles. The lowest BCUT2D eigenvalue weighted by Gasteiger charge is -2.36. The number of nitrogens with zero attached hydrogens (tertiary/aromatic N) is 2. The zero-order valence-electron chi connectivity index (χ0n) is 14.4. The van der Waals surface area contributed by atoms with Crippen molar-refractivity contribution < 1.29 is 0 Å². The summed E-state index contributed by atoms with van der Waals surface area (Å²) in [6.07, 6.45) is 8.26. The SMILES string of the molecule is CCCNC1C(N2CCC(N3CCCC3)C2)CCC1(C)C. The maximum atomic E-state index is 3.88. The number of hydrogen-bond donors (Lipinski definition) is 1. The summed E-state index contributed by atoms with van der Waals surface area (Å²) in [6.45, 7) is 13.7. The van der Waals surface area contributed by atoms with E-state index in [0.717, 1.165) is 12.1 Å². The molecule has 0 bridgehead atoms. The molecule has 2 saturated heterocycles. The van der Waals surface area contributed by atoms with Crippen LogP contribution in [0.2, 0.25) is 0 Å². The van der Waals surface area contributed by atoms with E-state index < -0.39 is 0 Å². The van der Waals surface area contributed by atoms with E-state index in [1.165, 1.54) is 71.2 Å². The average molecular weight is 293 g/mol. The van der Waals surface area contributed by atoms with Crippen LogP contribution in [0, 0.1) is 5.41 Å². The standard InChI is InChI=1S/C18H35N3/c1-4-10-19-17-16(7-9-18(17,2)3)21-13-8-15(14-21)20-11-5-6-12-20/h15-17,19H,4-14H2,1-3H3. The fourth-order valence-electron chi connectivity index (χ4n) is 4.94. The van der Waals surface area contributed by atoms with Gasteiger partial charge in [0.15, 0.2) is 0 Å². The summed E-state index contributed by atoms with van der Waals surface area (Å²) in [5.74, 6) is 0. The van der Waals surface area contributed by atoms with Gasteiger partial charge in [0.1, 0.15) is 0 Å². The Morgan fingerprint density at radius 3 is 2.52 bits per heavy atom. The zero-order chi connectivity index (χ0) is 14.9. The van der Waals surface area contributed by atoms with Gasteiger partial charge in [0.2, 0.25) is 0 Å². The van der Waals surface area contributed by atoms with Gasteiger partial charge in [-0.1, -0.05) is 20.8 Å². The lowest BCUT2D eigenvalue weighted by atomic mass is 9.86.